The van der Waals surface area contributed by atoms with Crippen molar-refractivity contribution in [1.82, 2.24) is 0 Å². The first-order chi connectivity index (χ1) is 8.91. The van der Waals surface area contributed by atoms with E-state index in [1.165, 1.54) is 32.1 Å². The highest BCUT2D eigenvalue weighted by Crippen LogP contribution is 2.67. The molecule has 18 heavy (non-hydrogen) atoms. The zero-order chi connectivity index (χ0) is 12.0. The summed E-state index contributed by atoms with van der Waals surface area (Å²) in [4.78, 5) is 0. The second-order valence-electron chi connectivity index (χ2n) is 7.66. The van der Waals surface area contributed by atoms with Gasteiger partial charge in [0.1, 0.15) is 0 Å². The first-order valence-electron chi connectivity index (χ1n) is 8.77. The van der Waals surface area contributed by atoms with E-state index < -0.39 is 0 Å². The Morgan fingerprint density at radius 3 is 2.00 bits per heavy atom. The monoisotopic (exact) mass is 245 g/mol. The quantitative estimate of drug-likeness (QED) is 0.614. The molecule has 101 valence electrons. The molecule has 0 spiro atoms. The Morgan fingerprint density at radius 1 is 0.667 bits per heavy atom. The van der Waals surface area contributed by atoms with Crippen molar-refractivity contribution in [2.75, 3.05) is 0 Å². The lowest BCUT2D eigenvalue weighted by Gasteiger charge is -2.55. The molecule has 1 atom stereocenters. The third-order valence-electron chi connectivity index (χ3n) is 6.87. The summed E-state index contributed by atoms with van der Waals surface area (Å²) >= 11 is 0. The average Bonchev–Trinajstić information content (AvgIpc) is 3.05. The fraction of sp³-hybridized carbons (Fsp3) is 0.944. The maximum Gasteiger partial charge on any atom is -0.0143 e. The topological polar surface area (TPSA) is 0 Å². The van der Waals surface area contributed by atoms with Crippen LogP contribution in [-0.2, 0) is 0 Å². The van der Waals surface area contributed by atoms with E-state index in [0.717, 1.165) is 23.2 Å². The standard InChI is InChI=1S/C18H29/c1-2-7-14(6-1)17-10-3-4-13-18(17,16-11-12-16)15-8-5-9-15/h14-16H,1-13H2. The van der Waals surface area contributed by atoms with Gasteiger partial charge in [0, 0.05) is 0 Å². The van der Waals surface area contributed by atoms with Crippen LogP contribution in [0.4, 0.5) is 0 Å². The maximum absolute atomic E-state index is 2.12. The predicted molar refractivity (Wildman–Crippen MR) is 76.2 cm³/mol. The van der Waals surface area contributed by atoms with Gasteiger partial charge < -0.3 is 0 Å². The van der Waals surface area contributed by atoms with Crippen molar-refractivity contribution in [2.24, 2.45) is 23.2 Å². The molecule has 0 heteroatoms. The molecule has 4 aliphatic carbocycles. The Hall–Kier alpha value is 0. The molecule has 0 amide bonds. The van der Waals surface area contributed by atoms with Crippen LogP contribution in [0.5, 0.6) is 0 Å². The highest BCUT2D eigenvalue weighted by atomic mass is 14.6. The van der Waals surface area contributed by atoms with Gasteiger partial charge in [0.2, 0.25) is 0 Å². The van der Waals surface area contributed by atoms with Crippen LogP contribution in [0.3, 0.4) is 0 Å². The van der Waals surface area contributed by atoms with E-state index in [-0.39, 0.29) is 0 Å². The molecular weight excluding hydrogens is 216 g/mol. The fourth-order valence-corrected chi connectivity index (χ4v) is 5.77. The van der Waals surface area contributed by atoms with E-state index in [4.69, 9.17) is 0 Å². The Labute approximate surface area is 113 Å². The van der Waals surface area contributed by atoms with E-state index >= 15 is 0 Å². The third kappa shape index (κ3) is 1.70. The Bertz CT molecular complexity index is 293. The van der Waals surface area contributed by atoms with E-state index in [1.54, 1.807) is 51.4 Å². The van der Waals surface area contributed by atoms with E-state index in [0.29, 0.717) is 0 Å². The van der Waals surface area contributed by atoms with Crippen molar-refractivity contribution < 1.29 is 0 Å². The van der Waals surface area contributed by atoms with Gasteiger partial charge in [0.25, 0.3) is 0 Å². The van der Waals surface area contributed by atoms with Crippen molar-refractivity contribution in [3.05, 3.63) is 5.92 Å². The number of hydrogen-bond donors (Lipinski definition) is 0. The fourth-order valence-electron chi connectivity index (χ4n) is 5.77. The predicted octanol–water partition coefficient (Wildman–Crippen LogP) is 5.52. The van der Waals surface area contributed by atoms with Crippen LogP contribution in [0, 0.1) is 29.1 Å². The van der Waals surface area contributed by atoms with Gasteiger partial charge >= 0.3 is 0 Å². The van der Waals surface area contributed by atoms with Gasteiger partial charge in [-0.3, -0.25) is 0 Å². The van der Waals surface area contributed by atoms with Crippen molar-refractivity contribution in [2.45, 2.75) is 83.5 Å². The molecule has 1 radical (unpaired) electrons. The largest absolute Gasteiger partial charge is 0.0530 e. The Balaban J connectivity index is 1.63. The molecule has 0 aromatic rings. The van der Waals surface area contributed by atoms with Crippen LogP contribution in [0.2, 0.25) is 0 Å². The lowest BCUT2D eigenvalue weighted by atomic mass is 9.49. The summed E-state index contributed by atoms with van der Waals surface area (Å²) in [5.41, 5.74) is 0.783. The first-order valence-corrected chi connectivity index (χ1v) is 8.77. The highest BCUT2D eigenvalue weighted by molar-refractivity contribution is 5.21. The number of hydrogen-bond acceptors (Lipinski definition) is 0. The zero-order valence-electron chi connectivity index (χ0n) is 11.9. The first kappa shape index (κ1) is 11.8. The van der Waals surface area contributed by atoms with Gasteiger partial charge in [-0.05, 0) is 80.5 Å². The zero-order valence-corrected chi connectivity index (χ0v) is 11.9. The third-order valence-corrected chi connectivity index (χ3v) is 6.87. The second-order valence-corrected chi connectivity index (χ2v) is 7.66. The van der Waals surface area contributed by atoms with Crippen LogP contribution in [-0.4, -0.2) is 0 Å². The summed E-state index contributed by atoms with van der Waals surface area (Å²) < 4.78 is 0. The molecule has 4 rings (SSSR count). The summed E-state index contributed by atoms with van der Waals surface area (Å²) in [6.07, 6.45) is 20.2. The van der Waals surface area contributed by atoms with Crippen LogP contribution in [0.15, 0.2) is 0 Å². The maximum atomic E-state index is 2.12. The lowest BCUT2D eigenvalue weighted by molar-refractivity contribution is 0.0243. The van der Waals surface area contributed by atoms with Crippen molar-refractivity contribution in [1.29, 1.82) is 0 Å². The van der Waals surface area contributed by atoms with Crippen LogP contribution in [0.25, 0.3) is 0 Å². The molecule has 0 aromatic carbocycles. The van der Waals surface area contributed by atoms with Gasteiger partial charge in [0.15, 0.2) is 0 Å². The number of rotatable bonds is 3. The van der Waals surface area contributed by atoms with Crippen LogP contribution >= 0.6 is 0 Å². The normalized spacial score (nSPS) is 40.0. The minimum Gasteiger partial charge on any atom is -0.0530 e. The molecule has 4 aliphatic rings. The Morgan fingerprint density at radius 2 is 1.39 bits per heavy atom. The summed E-state index contributed by atoms with van der Waals surface area (Å²) in [6, 6.07) is 0. The van der Waals surface area contributed by atoms with E-state index in [1.807, 2.05) is 0 Å². The lowest BCUT2D eigenvalue weighted by Crippen LogP contribution is -2.46. The van der Waals surface area contributed by atoms with E-state index in [2.05, 4.69) is 5.92 Å². The Kier molecular flexibility index (Phi) is 2.97. The van der Waals surface area contributed by atoms with Crippen molar-refractivity contribution >= 4 is 0 Å². The van der Waals surface area contributed by atoms with Gasteiger partial charge in [-0.2, -0.15) is 0 Å². The molecule has 0 saturated heterocycles. The molecule has 0 nitrogen and oxygen atoms in total. The van der Waals surface area contributed by atoms with Gasteiger partial charge in [-0.1, -0.05) is 32.1 Å². The summed E-state index contributed by atoms with van der Waals surface area (Å²) in [6.45, 7) is 0. The van der Waals surface area contributed by atoms with Crippen molar-refractivity contribution in [3.63, 3.8) is 0 Å². The second kappa shape index (κ2) is 4.53. The minimum atomic E-state index is 0.783. The van der Waals surface area contributed by atoms with Crippen LogP contribution in [0.1, 0.15) is 83.5 Å². The molecule has 0 heterocycles. The van der Waals surface area contributed by atoms with E-state index in [9.17, 15) is 0 Å². The SMILES string of the molecule is C1CCC(C2CCC2)(C2CC2)[C](C2CCCC2)C1. The summed E-state index contributed by atoms with van der Waals surface area (Å²) in [5.74, 6) is 5.45. The molecule has 0 N–H and O–H groups in total. The molecular formula is C18H29. The van der Waals surface area contributed by atoms with Crippen molar-refractivity contribution in [3.8, 4) is 0 Å². The summed E-state index contributed by atoms with van der Waals surface area (Å²) in [7, 11) is 0. The molecule has 4 fully saturated rings. The highest BCUT2D eigenvalue weighted by Gasteiger charge is 2.57. The smallest absolute Gasteiger partial charge is 0.0143 e. The van der Waals surface area contributed by atoms with Gasteiger partial charge in [-0.15, -0.1) is 0 Å². The van der Waals surface area contributed by atoms with Gasteiger partial charge in [-0.25, -0.2) is 0 Å². The molecule has 0 bridgehead atoms. The molecule has 1 unspecified atom stereocenters. The van der Waals surface area contributed by atoms with Gasteiger partial charge in [0.05, 0.1) is 0 Å². The molecule has 4 saturated carbocycles. The molecule has 0 aliphatic heterocycles. The van der Waals surface area contributed by atoms with Crippen LogP contribution < -0.4 is 0 Å². The minimum absolute atomic E-state index is 0.783. The average molecular weight is 245 g/mol. The summed E-state index contributed by atoms with van der Waals surface area (Å²) in [5, 5.41) is 0. The molecule has 0 aromatic heterocycles.